The molecule has 0 saturated carbocycles. The Labute approximate surface area is 127 Å². The van der Waals surface area contributed by atoms with Crippen LogP contribution in [0.1, 0.15) is 30.8 Å². The van der Waals surface area contributed by atoms with Gasteiger partial charge in [-0.05, 0) is 31.9 Å². The molecule has 2 aromatic heterocycles. The molecule has 0 radical (unpaired) electrons. The van der Waals surface area contributed by atoms with Gasteiger partial charge in [0, 0.05) is 47.3 Å². The normalized spacial score (nSPS) is 14.6. The fourth-order valence-corrected chi connectivity index (χ4v) is 3.19. The third-order valence-electron chi connectivity index (χ3n) is 3.44. The zero-order valence-electron chi connectivity index (χ0n) is 12.1. The maximum absolute atomic E-state index is 11.3. The van der Waals surface area contributed by atoms with Crippen molar-refractivity contribution in [3.05, 3.63) is 23.7 Å². The maximum atomic E-state index is 11.3. The number of aromatic nitrogens is 3. The summed E-state index contributed by atoms with van der Waals surface area (Å²) in [5, 5.41) is 0. The molecule has 6 heteroatoms. The molecule has 2 aromatic rings. The molecule has 0 spiro atoms. The molecule has 0 bridgehead atoms. The van der Waals surface area contributed by atoms with Crippen LogP contribution in [-0.4, -0.2) is 36.6 Å². The van der Waals surface area contributed by atoms with Gasteiger partial charge in [0.1, 0.15) is 11.3 Å². The second-order valence-electron chi connectivity index (χ2n) is 5.05. The summed E-state index contributed by atoms with van der Waals surface area (Å²) in [5.41, 5.74) is 2.97. The molecular formula is C14H20ClN3OS. The van der Waals surface area contributed by atoms with Gasteiger partial charge < -0.3 is 4.57 Å². The SMILES string of the molecule is Cc1ccnc2c1nc(CCCl)n2C(C)CCS(C)=O. The van der Waals surface area contributed by atoms with E-state index in [1.165, 1.54) is 0 Å². The summed E-state index contributed by atoms with van der Waals surface area (Å²) in [5.74, 6) is 2.19. The van der Waals surface area contributed by atoms with Crippen LogP contribution in [0.25, 0.3) is 11.2 Å². The molecule has 0 saturated heterocycles. The largest absolute Gasteiger partial charge is 0.310 e. The summed E-state index contributed by atoms with van der Waals surface area (Å²) < 4.78 is 13.4. The van der Waals surface area contributed by atoms with Crippen LogP contribution in [0.3, 0.4) is 0 Å². The van der Waals surface area contributed by atoms with Crippen LogP contribution in [0.4, 0.5) is 0 Å². The van der Waals surface area contributed by atoms with Crippen molar-refractivity contribution in [1.82, 2.24) is 14.5 Å². The van der Waals surface area contributed by atoms with Crippen LogP contribution in [-0.2, 0) is 17.2 Å². The Kier molecular flexibility index (Phi) is 5.16. The van der Waals surface area contributed by atoms with E-state index in [-0.39, 0.29) is 6.04 Å². The molecule has 20 heavy (non-hydrogen) atoms. The summed E-state index contributed by atoms with van der Waals surface area (Å²) >= 11 is 5.89. The lowest BCUT2D eigenvalue weighted by Gasteiger charge is -2.16. The van der Waals surface area contributed by atoms with Gasteiger partial charge in [0.05, 0.1) is 0 Å². The molecule has 2 atom stereocenters. The Bertz CT molecular complexity index is 626. The highest BCUT2D eigenvalue weighted by Gasteiger charge is 2.17. The summed E-state index contributed by atoms with van der Waals surface area (Å²) in [6, 6.07) is 2.19. The summed E-state index contributed by atoms with van der Waals surface area (Å²) in [6.45, 7) is 4.16. The molecule has 2 rings (SSSR count). The number of aryl methyl sites for hydroxylation is 2. The molecule has 0 amide bonds. The topological polar surface area (TPSA) is 47.8 Å². The van der Waals surface area contributed by atoms with Crippen molar-refractivity contribution in [2.24, 2.45) is 0 Å². The number of alkyl halides is 1. The monoisotopic (exact) mass is 313 g/mol. The number of hydrogen-bond donors (Lipinski definition) is 0. The third kappa shape index (κ3) is 3.20. The van der Waals surface area contributed by atoms with E-state index in [4.69, 9.17) is 16.6 Å². The van der Waals surface area contributed by atoms with Gasteiger partial charge in [0.15, 0.2) is 5.65 Å². The van der Waals surface area contributed by atoms with Crippen LogP contribution in [0, 0.1) is 6.92 Å². The Hall–Kier alpha value is -0.940. The molecule has 0 aliphatic heterocycles. The van der Waals surface area contributed by atoms with E-state index in [2.05, 4.69) is 16.5 Å². The van der Waals surface area contributed by atoms with E-state index < -0.39 is 10.8 Å². The van der Waals surface area contributed by atoms with Crippen molar-refractivity contribution >= 4 is 33.6 Å². The highest BCUT2D eigenvalue weighted by atomic mass is 35.5. The molecule has 110 valence electrons. The summed E-state index contributed by atoms with van der Waals surface area (Å²) in [7, 11) is -0.776. The third-order valence-corrected chi connectivity index (χ3v) is 4.44. The van der Waals surface area contributed by atoms with E-state index in [1.807, 2.05) is 19.2 Å². The van der Waals surface area contributed by atoms with Crippen molar-refractivity contribution in [1.29, 1.82) is 0 Å². The van der Waals surface area contributed by atoms with Crippen molar-refractivity contribution in [3.63, 3.8) is 0 Å². The van der Waals surface area contributed by atoms with Crippen molar-refractivity contribution in [2.45, 2.75) is 32.7 Å². The van der Waals surface area contributed by atoms with Crippen LogP contribution in [0.15, 0.2) is 12.3 Å². The predicted molar refractivity (Wildman–Crippen MR) is 85.0 cm³/mol. The average Bonchev–Trinajstić information content (AvgIpc) is 2.76. The molecule has 4 nitrogen and oxygen atoms in total. The number of hydrogen-bond acceptors (Lipinski definition) is 3. The second kappa shape index (κ2) is 6.68. The fourth-order valence-electron chi connectivity index (χ4n) is 2.35. The van der Waals surface area contributed by atoms with Gasteiger partial charge in [-0.1, -0.05) is 0 Å². The summed E-state index contributed by atoms with van der Waals surface area (Å²) in [6.07, 6.45) is 5.11. The van der Waals surface area contributed by atoms with Gasteiger partial charge >= 0.3 is 0 Å². The van der Waals surface area contributed by atoms with E-state index >= 15 is 0 Å². The Balaban J connectivity index is 2.45. The fraction of sp³-hybridized carbons (Fsp3) is 0.571. The molecule has 0 aromatic carbocycles. The molecule has 0 fully saturated rings. The van der Waals surface area contributed by atoms with Crippen LogP contribution in [0.2, 0.25) is 0 Å². The van der Waals surface area contributed by atoms with E-state index in [1.54, 1.807) is 6.26 Å². The second-order valence-corrected chi connectivity index (χ2v) is 6.98. The van der Waals surface area contributed by atoms with E-state index in [0.717, 1.165) is 35.4 Å². The molecule has 0 N–H and O–H groups in total. The quantitative estimate of drug-likeness (QED) is 0.770. The highest BCUT2D eigenvalue weighted by Crippen LogP contribution is 2.24. The first kappa shape index (κ1) is 15.4. The van der Waals surface area contributed by atoms with Gasteiger partial charge in [0.25, 0.3) is 0 Å². The molecular weight excluding hydrogens is 294 g/mol. The summed E-state index contributed by atoms with van der Waals surface area (Å²) in [4.78, 5) is 9.16. The number of fused-ring (bicyclic) bond motifs is 1. The van der Waals surface area contributed by atoms with Crippen molar-refractivity contribution < 1.29 is 4.21 Å². The number of rotatable bonds is 6. The molecule has 0 aliphatic rings. The van der Waals surface area contributed by atoms with Gasteiger partial charge in [-0.15, -0.1) is 11.6 Å². The van der Waals surface area contributed by atoms with Crippen LogP contribution >= 0.6 is 11.6 Å². The molecule has 2 heterocycles. The average molecular weight is 314 g/mol. The van der Waals surface area contributed by atoms with E-state index in [9.17, 15) is 4.21 Å². The van der Waals surface area contributed by atoms with Crippen LogP contribution < -0.4 is 0 Å². The minimum absolute atomic E-state index is 0.219. The minimum atomic E-state index is -0.776. The first-order valence-corrected chi connectivity index (χ1v) is 8.99. The smallest absolute Gasteiger partial charge is 0.160 e. The lowest BCUT2D eigenvalue weighted by atomic mass is 10.2. The first-order chi connectivity index (χ1) is 9.54. The Morgan fingerprint density at radius 1 is 1.50 bits per heavy atom. The maximum Gasteiger partial charge on any atom is 0.160 e. The zero-order valence-corrected chi connectivity index (χ0v) is 13.7. The standard InChI is InChI=1S/C14H20ClN3OS/c1-10-5-8-16-14-13(10)17-12(4-7-15)18(14)11(2)6-9-20(3)19/h5,8,11H,4,6-7,9H2,1-3H3. The first-order valence-electron chi connectivity index (χ1n) is 6.73. The number of pyridine rings is 1. The van der Waals surface area contributed by atoms with E-state index in [0.29, 0.717) is 11.6 Å². The lowest BCUT2D eigenvalue weighted by molar-refractivity contribution is 0.522. The molecule has 2 unspecified atom stereocenters. The van der Waals surface area contributed by atoms with Gasteiger partial charge in [-0.3, -0.25) is 4.21 Å². The van der Waals surface area contributed by atoms with Gasteiger partial charge in [0.2, 0.25) is 0 Å². The lowest BCUT2D eigenvalue weighted by Crippen LogP contribution is -2.13. The number of imidazole rings is 1. The van der Waals surface area contributed by atoms with Crippen molar-refractivity contribution in [2.75, 3.05) is 17.9 Å². The van der Waals surface area contributed by atoms with Crippen LogP contribution in [0.5, 0.6) is 0 Å². The predicted octanol–water partition coefficient (Wildman–Crippen LogP) is 2.85. The number of halogens is 1. The highest BCUT2D eigenvalue weighted by molar-refractivity contribution is 7.84. The van der Waals surface area contributed by atoms with Gasteiger partial charge in [-0.2, -0.15) is 0 Å². The Morgan fingerprint density at radius 2 is 2.25 bits per heavy atom. The Morgan fingerprint density at radius 3 is 2.90 bits per heavy atom. The van der Waals surface area contributed by atoms with Crippen molar-refractivity contribution in [3.8, 4) is 0 Å². The minimum Gasteiger partial charge on any atom is -0.310 e. The zero-order chi connectivity index (χ0) is 14.7. The van der Waals surface area contributed by atoms with Gasteiger partial charge in [-0.25, -0.2) is 9.97 Å². The molecule has 0 aliphatic carbocycles. The number of nitrogens with zero attached hydrogens (tertiary/aromatic N) is 3.